The Hall–Kier alpha value is -3.98. The number of amides is 2. The lowest BCUT2D eigenvalue weighted by molar-refractivity contribution is -0.129. The Balaban J connectivity index is 1.52. The van der Waals surface area contributed by atoms with E-state index in [4.69, 9.17) is 19.2 Å². The number of amidine groups is 1. The van der Waals surface area contributed by atoms with E-state index in [-0.39, 0.29) is 18.2 Å². The summed E-state index contributed by atoms with van der Waals surface area (Å²) >= 11 is 1.30. The average molecular weight is 520 g/mol. The smallest absolute Gasteiger partial charge is 0.238 e. The zero-order valence-corrected chi connectivity index (χ0v) is 21.8. The summed E-state index contributed by atoms with van der Waals surface area (Å²) in [7, 11) is 4.77. The summed E-state index contributed by atoms with van der Waals surface area (Å²) < 4.78 is 15.9. The highest BCUT2D eigenvalue weighted by Gasteiger charge is 2.35. The molecular formula is C28H29N3O5S. The van der Waals surface area contributed by atoms with E-state index in [0.29, 0.717) is 46.8 Å². The first-order valence-electron chi connectivity index (χ1n) is 11.8. The van der Waals surface area contributed by atoms with E-state index in [9.17, 15) is 9.59 Å². The minimum atomic E-state index is -0.602. The normalized spacial score (nSPS) is 16.4. The molecule has 8 nitrogen and oxygen atoms in total. The zero-order valence-electron chi connectivity index (χ0n) is 21.0. The van der Waals surface area contributed by atoms with Gasteiger partial charge in [0.25, 0.3) is 0 Å². The third-order valence-corrected chi connectivity index (χ3v) is 7.03. The summed E-state index contributed by atoms with van der Waals surface area (Å²) in [6.45, 7) is 0.416. The number of carbonyl (C=O) groups is 2. The molecule has 4 rings (SSSR count). The number of carbonyl (C=O) groups excluding carboxylic acids is 2. The lowest BCUT2D eigenvalue weighted by Gasteiger charge is -2.32. The van der Waals surface area contributed by atoms with Gasteiger partial charge < -0.3 is 19.5 Å². The maximum atomic E-state index is 13.3. The molecule has 37 heavy (non-hydrogen) atoms. The molecule has 0 unspecified atom stereocenters. The highest BCUT2D eigenvalue weighted by Crippen LogP contribution is 2.31. The summed E-state index contributed by atoms with van der Waals surface area (Å²) in [5.41, 5.74) is 2.34. The number of hydrogen-bond acceptors (Lipinski definition) is 7. The van der Waals surface area contributed by atoms with E-state index < -0.39 is 5.25 Å². The molecule has 1 N–H and O–H groups in total. The zero-order chi connectivity index (χ0) is 26.2. The van der Waals surface area contributed by atoms with Gasteiger partial charge in [0.2, 0.25) is 11.8 Å². The van der Waals surface area contributed by atoms with Crippen molar-refractivity contribution in [2.75, 3.05) is 33.2 Å². The number of methoxy groups -OCH3 is 3. The lowest BCUT2D eigenvalue weighted by atomic mass is 10.1. The molecule has 1 atom stereocenters. The molecule has 0 saturated carbocycles. The predicted molar refractivity (Wildman–Crippen MR) is 146 cm³/mol. The maximum absolute atomic E-state index is 13.3. The third-order valence-electron chi connectivity index (χ3n) is 5.84. The van der Waals surface area contributed by atoms with Crippen LogP contribution in [0.1, 0.15) is 12.0 Å². The summed E-state index contributed by atoms with van der Waals surface area (Å²) in [5.74, 6) is 1.58. The van der Waals surface area contributed by atoms with Crippen LogP contribution < -0.4 is 19.5 Å². The largest absolute Gasteiger partial charge is 0.497 e. The van der Waals surface area contributed by atoms with E-state index in [2.05, 4.69) is 5.32 Å². The Morgan fingerprint density at radius 3 is 2.38 bits per heavy atom. The van der Waals surface area contributed by atoms with Gasteiger partial charge in [-0.2, -0.15) is 0 Å². The molecule has 192 valence electrons. The van der Waals surface area contributed by atoms with E-state index in [1.165, 1.54) is 11.8 Å². The van der Waals surface area contributed by atoms with Crippen molar-refractivity contribution in [3.8, 4) is 17.2 Å². The van der Waals surface area contributed by atoms with Crippen molar-refractivity contribution in [2.24, 2.45) is 4.99 Å². The minimum absolute atomic E-state index is 0.0758. The van der Waals surface area contributed by atoms with Crippen LogP contribution in [0.5, 0.6) is 17.2 Å². The Bertz CT molecular complexity index is 1260. The van der Waals surface area contributed by atoms with Gasteiger partial charge >= 0.3 is 0 Å². The molecule has 3 aromatic rings. The van der Waals surface area contributed by atoms with Crippen molar-refractivity contribution in [3.63, 3.8) is 0 Å². The Labute approximate surface area is 220 Å². The van der Waals surface area contributed by atoms with Crippen LogP contribution in [0, 0.1) is 0 Å². The highest BCUT2D eigenvalue weighted by atomic mass is 32.2. The Kier molecular flexibility index (Phi) is 8.68. The summed E-state index contributed by atoms with van der Waals surface area (Å²) in [6, 6.07) is 22.2. The summed E-state index contributed by atoms with van der Waals surface area (Å²) in [5, 5.41) is 2.79. The molecular weight excluding hydrogens is 490 g/mol. The minimum Gasteiger partial charge on any atom is -0.497 e. The van der Waals surface area contributed by atoms with Gasteiger partial charge in [-0.05, 0) is 60.5 Å². The molecule has 0 aliphatic carbocycles. The summed E-state index contributed by atoms with van der Waals surface area (Å²) in [6.07, 6.45) is 0.662. The van der Waals surface area contributed by atoms with Crippen LogP contribution in [0.4, 0.5) is 11.4 Å². The first-order chi connectivity index (χ1) is 18.0. The van der Waals surface area contributed by atoms with Gasteiger partial charge in [-0.25, -0.2) is 4.99 Å². The molecule has 1 aliphatic rings. The Morgan fingerprint density at radius 1 is 0.973 bits per heavy atom. The number of para-hydroxylation sites is 1. The fourth-order valence-corrected chi connectivity index (χ4v) is 4.97. The van der Waals surface area contributed by atoms with Crippen LogP contribution in [-0.4, -0.2) is 55.0 Å². The second kappa shape index (κ2) is 12.3. The molecule has 1 aliphatic heterocycles. The molecule has 3 aromatic carbocycles. The lowest BCUT2D eigenvalue weighted by Crippen LogP contribution is -2.46. The molecule has 1 fully saturated rings. The molecule has 1 heterocycles. The van der Waals surface area contributed by atoms with Gasteiger partial charge in [0.05, 0.1) is 27.0 Å². The SMILES string of the molecule is COc1ccc(NC(=O)[C@@H]2CC(=O)N(CCc3ccc(OC)c(OC)c3)C(=Nc3ccccc3)S2)cc1. The first-order valence-corrected chi connectivity index (χ1v) is 12.6. The number of rotatable bonds is 9. The van der Waals surface area contributed by atoms with E-state index >= 15 is 0 Å². The molecule has 0 bridgehead atoms. The van der Waals surface area contributed by atoms with Crippen molar-refractivity contribution in [3.05, 3.63) is 78.4 Å². The van der Waals surface area contributed by atoms with Crippen LogP contribution in [0.25, 0.3) is 0 Å². The number of hydrogen-bond donors (Lipinski definition) is 1. The number of thioether (sulfide) groups is 1. The third kappa shape index (κ3) is 6.62. The first kappa shape index (κ1) is 26.1. The molecule has 1 saturated heterocycles. The standard InChI is InChI=1S/C28H29N3O5S/c1-34-22-12-10-21(11-13-22)29-27(33)25-18-26(32)31(28(37-25)30-20-7-5-4-6-8-20)16-15-19-9-14-23(35-2)24(17-19)36-3/h4-14,17,25H,15-16,18H2,1-3H3,(H,29,33)/t25-/m0/s1. The number of nitrogens with zero attached hydrogens (tertiary/aromatic N) is 2. The number of nitrogens with one attached hydrogen (secondary N) is 1. The second-order valence-corrected chi connectivity index (χ2v) is 9.41. The van der Waals surface area contributed by atoms with E-state index in [1.54, 1.807) is 50.5 Å². The second-order valence-electron chi connectivity index (χ2n) is 8.24. The predicted octanol–water partition coefficient (Wildman–Crippen LogP) is 4.92. The molecule has 2 amide bonds. The molecule has 0 radical (unpaired) electrons. The van der Waals surface area contributed by atoms with Crippen LogP contribution in [0.3, 0.4) is 0 Å². The molecule has 9 heteroatoms. The van der Waals surface area contributed by atoms with Crippen LogP contribution in [0.2, 0.25) is 0 Å². The number of benzene rings is 3. The van der Waals surface area contributed by atoms with Crippen molar-refractivity contribution >= 4 is 40.1 Å². The number of anilines is 1. The van der Waals surface area contributed by atoms with Crippen molar-refractivity contribution in [1.29, 1.82) is 0 Å². The highest BCUT2D eigenvalue weighted by molar-refractivity contribution is 8.15. The topological polar surface area (TPSA) is 89.5 Å². The van der Waals surface area contributed by atoms with Crippen LogP contribution in [-0.2, 0) is 16.0 Å². The van der Waals surface area contributed by atoms with Crippen molar-refractivity contribution in [1.82, 2.24) is 4.90 Å². The van der Waals surface area contributed by atoms with Crippen LogP contribution >= 0.6 is 11.8 Å². The number of aliphatic imine (C=N–C) groups is 1. The van der Waals surface area contributed by atoms with Gasteiger partial charge in [0.1, 0.15) is 11.0 Å². The fraction of sp³-hybridized carbons (Fsp3) is 0.250. The average Bonchev–Trinajstić information content (AvgIpc) is 2.93. The van der Waals surface area contributed by atoms with Gasteiger partial charge in [0.15, 0.2) is 16.7 Å². The van der Waals surface area contributed by atoms with Crippen molar-refractivity contribution < 1.29 is 23.8 Å². The maximum Gasteiger partial charge on any atom is 0.238 e. The molecule has 0 spiro atoms. The summed E-state index contributed by atoms with van der Waals surface area (Å²) in [4.78, 5) is 32.7. The quantitative estimate of drug-likeness (QED) is 0.432. The van der Waals surface area contributed by atoms with E-state index in [1.807, 2.05) is 48.5 Å². The van der Waals surface area contributed by atoms with Gasteiger partial charge in [0, 0.05) is 18.7 Å². The Morgan fingerprint density at radius 2 is 1.70 bits per heavy atom. The van der Waals surface area contributed by atoms with E-state index in [0.717, 1.165) is 5.56 Å². The monoisotopic (exact) mass is 519 g/mol. The van der Waals surface area contributed by atoms with Crippen LogP contribution in [0.15, 0.2) is 77.8 Å². The van der Waals surface area contributed by atoms with Gasteiger partial charge in [-0.3, -0.25) is 14.5 Å². The number of ether oxygens (including phenoxy) is 3. The van der Waals surface area contributed by atoms with Crippen molar-refractivity contribution in [2.45, 2.75) is 18.1 Å². The molecule has 0 aromatic heterocycles. The fourth-order valence-electron chi connectivity index (χ4n) is 3.85. The van der Waals surface area contributed by atoms with Gasteiger partial charge in [-0.1, -0.05) is 36.0 Å². The van der Waals surface area contributed by atoms with Gasteiger partial charge in [-0.15, -0.1) is 0 Å².